The molecule has 0 radical (unpaired) electrons. The van der Waals surface area contributed by atoms with Crippen LogP contribution >= 0.6 is 0 Å². The Morgan fingerprint density at radius 2 is 1.92 bits per heavy atom. The van der Waals surface area contributed by atoms with Crippen molar-refractivity contribution in [2.24, 2.45) is 0 Å². The molecule has 1 N–H and O–H groups in total. The van der Waals surface area contributed by atoms with Crippen LogP contribution in [-0.4, -0.2) is 37.6 Å². The second-order valence-electron chi connectivity index (χ2n) is 7.51. The largest absolute Gasteiger partial charge is 0.368 e. The maximum Gasteiger partial charge on any atom is 0.0547 e. The molecule has 1 fully saturated rings. The van der Waals surface area contributed by atoms with Crippen molar-refractivity contribution in [2.45, 2.75) is 30.7 Å². The second-order valence-corrected chi connectivity index (χ2v) is 7.51. The fraction of sp³-hybridized carbons (Fsp3) is 0.429. The molecule has 0 saturated carbocycles. The van der Waals surface area contributed by atoms with Crippen molar-refractivity contribution >= 4 is 5.69 Å². The minimum atomic E-state index is 0.196. The highest BCUT2D eigenvalue weighted by Crippen LogP contribution is 2.58. The van der Waals surface area contributed by atoms with Crippen LogP contribution in [0.5, 0.6) is 0 Å². The van der Waals surface area contributed by atoms with Crippen molar-refractivity contribution in [3.05, 3.63) is 65.0 Å². The van der Waals surface area contributed by atoms with Gasteiger partial charge in [0.25, 0.3) is 0 Å². The van der Waals surface area contributed by atoms with Crippen LogP contribution in [0, 0.1) is 0 Å². The number of allylic oxidation sites excluding steroid dienone is 4. The zero-order valence-electron chi connectivity index (χ0n) is 14.5. The van der Waals surface area contributed by atoms with E-state index in [0.717, 1.165) is 19.5 Å². The molecule has 1 aliphatic carbocycles. The van der Waals surface area contributed by atoms with Gasteiger partial charge in [-0.1, -0.05) is 30.4 Å². The average Bonchev–Trinajstić information content (AvgIpc) is 2.95. The van der Waals surface area contributed by atoms with E-state index in [1.807, 2.05) is 0 Å². The van der Waals surface area contributed by atoms with Gasteiger partial charge in [-0.15, -0.1) is 0 Å². The smallest absolute Gasteiger partial charge is 0.0547 e. The van der Waals surface area contributed by atoms with Gasteiger partial charge in [-0.25, -0.2) is 0 Å². The van der Waals surface area contributed by atoms with E-state index < -0.39 is 0 Å². The van der Waals surface area contributed by atoms with E-state index in [9.17, 15) is 0 Å². The summed E-state index contributed by atoms with van der Waals surface area (Å²) in [7, 11) is 4.59. The molecule has 1 aromatic carbocycles. The summed E-state index contributed by atoms with van der Waals surface area (Å²) in [4.78, 5) is 5.09. The molecular weight excluding hydrogens is 294 g/mol. The number of piperidine rings is 1. The minimum absolute atomic E-state index is 0.196. The van der Waals surface area contributed by atoms with Gasteiger partial charge in [-0.05, 0) is 55.6 Å². The number of fused-ring (bicyclic) bond motifs is 5. The van der Waals surface area contributed by atoms with E-state index in [2.05, 4.69) is 71.7 Å². The summed E-state index contributed by atoms with van der Waals surface area (Å²) in [5.74, 6) is 0.490. The lowest BCUT2D eigenvalue weighted by molar-refractivity contribution is 0.0892. The van der Waals surface area contributed by atoms with Gasteiger partial charge in [0.05, 0.1) is 11.5 Å². The van der Waals surface area contributed by atoms with E-state index in [1.165, 1.54) is 35.4 Å². The molecule has 1 saturated heterocycles. The molecule has 0 amide bonds. The fourth-order valence-electron chi connectivity index (χ4n) is 5.45. The van der Waals surface area contributed by atoms with E-state index >= 15 is 0 Å². The van der Waals surface area contributed by atoms with Crippen LogP contribution in [-0.2, 0) is 0 Å². The van der Waals surface area contributed by atoms with E-state index in [4.69, 9.17) is 0 Å². The molecule has 1 atom stereocenters. The van der Waals surface area contributed by atoms with Gasteiger partial charge in [0.1, 0.15) is 0 Å². The summed E-state index contributed by atoms with van der Waals surface area (Å²) in [6.07, 6.45) is 10.3. The Bertz CT molecular complexity index is 780. The Hall–Kier alpha value is -2.00. The van der Waals surface area contributed by atoms with Crippen molar-refractivity contribution in [1.29, 1.82) is 0 Å². The summed E-state index contributed by atoms with van der Waals surface area (Å²) >= 11 is 0. The van der Waals surface area contributed by atoms with Crippen molar-refractivity contribution < 1.29 is 0 Å². The number of nitrogens with zero attached hydrogens (tertiary/aromatic N) is 2. The molecule has 1 aromatic rings. The summed E-state index contributed by atoms with van der Waals surface area (Å²) in [5, 5.41) is 3.57. The topological polar surface area (TPSA) is 18.5 Å². The predicted molar refractivity (Wildman–Crippen MR) is 99.0 cm³/mol. The van der Waals surface area contributed by atoms with Crippen LogP contribution in [0.1, 0.15) is 30.7 Å². The zero-order chi connectivity index (χ0) is 16.3. The van der Waals surface area contributed by atoms with Crippen LogP contribution in [0.2, 0.25) is 0 Å². The molecular formula is C21H25N3. The SMILES string of the molecule is CN1C2=C3CC=CC=C3N(C)C3(CCNCC3)C2c2ccccc21. The molecule has 3 heteroatoms. The molecule has 5 rings (SSSR count). The minimum Gasteiger partial charge on any atom is -0.368 e. The monoisotopic (exact) mass is 319 g/mol. The first-order valence-electron chi connectivity index (χ1n) is 9.11. The summed E-state index contributed by atoms with van der Waals surface area (Å²) in [6, 6.07) is 9.03. The van der Waals surface area contributed by atoms with E-state index in [1.54, 1.807) is 5.70 Å². The standard InChI is InChI=1S/C21H25N3/c1-23-17-9-5-3-7-15(17)19-20(23)16-8-4-6-10-18(16)24(2)21(19)11-13-22-14-12-21/h3-7,9-10,19,22H,8,11-14H2,1-2H3. The Morgan fingerprint density at radius 1 is 1.12 bits per heavy atom. The first-order valence-corrected chi connectivity index (χ1v) is 9.11. The highest BCUT2D eigenvalue weighted by Gasteiger charge is 2.54. The Labute approximate surface area is 144 Å². The molecule has 124 valence electrons. The van der Waals surface area contributed by atoms with Gasteiger partial charge >= 0.3 is 0 Å². The molecule has 0 aromatic heterocycles. The number of rotatable bonds is 0. The highest BCUT2D eigenvalue weighted by molar-refractivity contribution is 5.72. The van der Waals surface area contributed by atoms with Crippen molar-refractivity contribution in [3.63, 3.8) is 0 Å². The molecule has 3 aliphatic heterocycles. The third-order valence-electron chi connectivity index (χ3n) is 6.61. The maximum absolute atomic E-state index is 3.57. The lowest BCUT2D eigenvalue weighted by Gasteiger charge is -2.55. The number of hydrogen-bond acceptors (Lipinski definition) is 3. The maximum atomic E-state index is 3.57. The Kier molecular flexibility index (Phi) is 2.99. The van der Waals surface area contributed by atoms with Crippen LogP contribution in [0.15, 0.2) is 59.5 Å². The van der Waals surface area contributed by atoms with Crippen LogP contribution in [0.25, 0.3) is 0 Å². The average molecular weight is 319 g/mol. The molecule has 3 nitrogen and oxygen atoms in total. The first-order chi connectivity index (χ1) is 11.7. The number of hydrogen-bond donors (Lipinski definition) is 1. The van der Waals surface area contributed by atoms with Crippen molar-refractivity contribution in [1.82, 2.24) is 10.2 Å². The van der Waals surface area contributed by atoms with Gasteiger partial charge in [-0.3, -0.25) is 0 Å². The molecule has 3 heterocycles. The number of anilines is 1. The first kappa shape index (κ1) is 14.4. The van der Waals surface area contributed by atoms with Gasteiger partial charge in [0.2, 0.25) is 0 Å². The van der Waals surface area contributed by atoms with E-state index in [-0.39, 0.29) is 5.54 Å². The highest BCUT2D eigenvalue weighted by atomic mass is 15.3. The lowest BCUT2D eigenvalue weighted by atomic mass is 9.67. The summed E-state index contributed by atoms with van der Waals surface area (Å²) in [6.45, 7) is 2.22. The zero-order valence-corrected chi connectivity index (χ0v) is 14.5. The summed E-state index contributed by atoms with van der Waals surface area (Å²) in [5.41, 5.74) is 7.61. The predicted octanol–water partition coefficient (Wildman–Crippen LogP) is 3.39. The third-order valence-corrected chi connectivity index (χ3v) is 6.61. The van der Waals surface area contributed by atoms with Crippen molar-refractivity contribution in [2.75, 3.05) is 32.1 Å². The van der Waals surface area contributed by atoms with E-state index in [0.29, 0.717) is 5.92 Å². The van der Waals surface area contributed by atoms with Gasteiger partial charge in [0, 0.05) is 31.2 Å². The van der Waals surface area contributed by atoms with Gasteiger partial charge < -0.3 is 15.1 Å². The van der Waals surface area contributed by atoms with Crippen LogP contribution in [0.4, 0.5) is 5.69 Å². The Morgan fingerprint density at radius 3 is 2.75 bits per heavy atom. The van der Waals surface area contributed by atoms with Crippen molar-refractivity contribution in [3.8, 4) is 0 Å². The molecule has 1 unspecified atom stereocenters. The molecule has 1 spiro atoms. The molecule has 4 aliphatic rings. The number of nitrogens with one attached hydrogen (secondary N) is 1. The fourth-order valence-corrected chi connectivity index (χ4v) is 5.45. The number of benzene rings is 1. The van der Waals surface area contributed by atoms with Crippen LogP contribution < -0.4 is 10.2 Å². The quantitative estimate of drug-likeness (QED) is 0.791. The molecule has 0 bridgehead atoms. The second kappa shape index (κ2) is 5.00. The summed E-state index contributed by atoms with van der Waals surface area (Å²) < 4.78 is 0. The van der Waals surface area contributed by atoms with Gasteiger partial charge in [0.15, 0.2) is 0 Å². The lowest BCUT2D eigenvalue weighted by Crippen LogP contribution is -2.59. The van der Waals surface area contributed by atoms with Crippen LogP contribution in [0.3, 0.4) is 0 Å². The van der Waals surface area contributed by atoms with Gasteiger partial charge in [-0.2, -0.15) is 0 Å². The number of likely N-dealkylation sites (N-methyl/N-ethyl adjacent to an activating group) is 2. The molecule has 24 heavy (non-hydrogen) atoms. The normalized spacial score (nSPS) is 27.1. The number of para-hydroxylation sites is 1. The third kappa shape index (κ3) is 1.66. The Balaban J connectivity index is 1.80.